The standard InChI is InChI=1S/C12H11NO4S/c14-9-3-1-7(5-11(9)16)13-18-8-2-4-10(15)12(17)6-8/h1-6,13-17H. The van der Waals surface area contributed by atoms with Crippen LogP contribution in [-0.2, 0) is 0 Å². The second-order valence-electron chi connectivity index (χ2n) is 3.56. The molecule has 0 aliphatic heterocycles. The minimum atomic E-state index is -0.214. The Hall–Kier alpha value is -2.21. The van der Waals surface area contributed by atoms with Crippen molar-refractivity contribution >= 4 is 17.6 Å². The Morgan fingerprint density at radius 2 is 1.33 bits per heavy atom. The molecule has 5 nitrogen and oxygen atoms in total. The van der Waals surface area contributed by atoms with Crippen LogP contribution in [0.25, 0.3) is 0 Å². The van der Waals surface area contributed by atoms with E-state index in [1.54, 1.807) is 12.1 Å². The van der Waals surface area contributed by atoms with Gasteiger partial charge in [0, 0.05) is 16.6 Å². The van der Waals surface area contributed by atoms with Crippen molar-refractivity contribution in [1.82, 2.24) is 0 Å². The van der Waals surface area contributed by atoms with Gasteiger partial charge < -0.3 is 25.1 Å². The van der Waals surface area contributed by atoms with E-state index in [0.717, 1.165) is 0 Å². The van der Waals surface area contributed by atoms with Crippen LogP contribution in [0.5, 0.6) is 23.0 Å². The van der Waals surface area contributed by atoms with E-state index in [-0.39, 0.29) is 23.0 Å². The third-order valence-electron chi connectivity index (χ3n) is 2.21. The van der Waals surface area contributed by atoms with Gasteiger partial charge in [-0.15, -0.1) is 0 Å². The monoisotopic (exact) mass is 265 g/mol. The molecule has 0 aliphatic carbocycles. The number of nitrogens with one attached hydrogen (secondary N) is 1. The molecule has 2 aromatic carbocycles. The lowest BCUT2D eigenvalue weighted by molar-refractivity contribution is 0.402. The average molecular weight is 265 g/mol. The molecule has 0 radical (unpaired) electrons. The fourth-order valence-electron chi connectivity index (χ4n) is 1.27. The van der Waals surface area contributed by atoms with Crippen molar-refractivity contribution in [2.75, 3.05) is 4.72 Å². The van der Waals surface area contributed by atoms with Crippen molar-refractivity contribution < 1.29 is 20.4 Å². The van der Waals surface area contributed by atoms with E-state index in [2.05, 4.69) is 4.72 Å². The van der Waals surface area contributed by atoms with Crippen LogP contribution in [0.4, 0.5) is 5.69 Å². The molecular weight excluding hydrogens is 254 g/mol. The summed E-state index contributed by atoms with van der Waals surface area (Å²) in [6, 6.07) is 8.77. The number of anilines is 1. The number of phenolic OH excluding ortho intramolecular Hbond substituents is 4. The summed E-state index contributed by atoms with van der Waals surface area (Å²) >= 11 is 1.20. The molecule has 0 atom stereocenters. The van der Waals surface area contributed by atoms with E-state index in [4.69, 9.17) is 10.2 Å². The van der Waals surface area contributed by atoms with Crippen molar-refractivity contribution in [3.05, 3.63) is 36.4 Å². The number of hydrogen-bond acceptors (Lipinski definition) is 6. The van der Waals surface area contributed by atoms with Gasteiger partial charge in [0.25, 0.3) is 0 Å². The number of aromatic hydroxyl groups is 4. The topological polar surface area (TPSA) is 93.0 Å². The zero-order valence-electron chi connectivity index (χ0n) is 9.16. The Bertz CT molecular complexity index is 522. The molecule has 0 saturated carbocycles. The van der Waals surface area contributed by atoms with Crippen LogP contribution < -0.4 is 4.72 Å². The second kappa shape index (κ2) is 4.97. The smallest absolute Gasteiger partial charge is 0.159 e. The lowest BCUT2D eigenvalue weighted by Crippen LogP contribution is -1.86. The minimum absolute atomic E-state index is 0.179. The molecule has 0 spiro atoms. The van der Waals surface area contributed by atoms with Crippen LogP contribution in [0.2, 0.25) is 0 Å². The maximum atomic E-state index is 9.31. The summed E-state index contributed by atoms with van der Waals surface area (Å²) in [5, 5.41) is 36.9. The molecule has 2 rings (SSSR count). The van der Waals surface area contributed by atoms with Gasteiger partial charge in [-0.05, 0) is 42.3 Å². The number of benzene rings is 2. The Morgan fingerprint density at radius 1 is 0.722 bits per heavy atom. The van der Waals surface area contributed by atoms with Gasteiger partial charge in [0.2, 0.25) is 0 Å². The normalized spacial score (nSPS) is 10.2. The predicted octanol–water partition coefficient (Wildman–Crippen LogP) is 2.63. The fraction of sp³-hybridized carbons (Fsp3) is 0. The summed E-state index contributed by atoms with van der Waals surface area (Å²) < 4.78 is 2.93. The third-order valence-corrected chi connectivity index (χ3v) is 3.04. The van der Waals surface area contributed by atoms with E-state index < -0.39 is 0 Å². The summed E-state index contributed by atoms with van der Waals surface area (Å²) in [7, 11) is 0. The lowest BCUT2D eigenvalue weighted by atomic mass is 10.3. The molecule has 94 valence electrons. The van der Waals surface area contributed by atoms with Crippen molar-refractivity contribution in [1.29, 1.82) is 0 Å². The van der Waals surface area contributed by atoms with E-state index in [1.807, 2.05) is 0 Å². The van der Waals surface area contributed by atoms with E-state index >= 15 is 0 Å². The summed E-state index contributed by atoms with van der Waals surface area (Å²) in [6.07, 6.45) is 0. The summed E-state index contributed by atoms with van der Waals surface area (Å²) in [5.74, 6) is -0.779. The summed E-state index contributed by atoms with van der Waals surface area (Å²) in [5.41, 5.74) is 0.600. The molecule has 0 saturated heterocycles. The first-order valence-corrected chi connectivity index (χ1v) is 5.85. The second-order valence-corrected chi connectivity index (χ2v) is 4.44. The maximum Gasteiger partial charge on any atom is 0.159 e. The molecule has 5 N–H and O–H groups in total. The molecule has 2 aromatic rings. The molecular formula is C12H11NO4S. The average Bonchev–Trinajstić information content (AvgIpc) is 2.35. The number of rotatable bonds is 3. The van der Waals surface area contributed by atoms with Crippen molar-refractivity contribution in [3.8, 4) is 23.0 Å². The first-order valence-electron chi connectivity index (χ1n) is 5.03. The van der Waals surface area contributed by atoms with Gasteiger partial charge in [0.05, 0.1) is 0 Å². The van der Waals surface area contributed by atoms with Gasteiger partial charge in [-0.2, -0.15) is 0 Å². The lowest BCUT2D eigenvalue weighted by Gasteiger charge is -2.07. The zero-order valence-corrected chi connectivity index (χ0v) is 9.98. The van der Waals surface area contributed by atoms with Gasteiger partial charge in [-0.25, -0.2) is 0 Å². The minimum Gasteiger partial charge on any atom is -0.504 e. The van der Waals surface area contributed by atoms with E-state index in [0.29, 0.717) is 10.6 Å². The van der Waals surface area contributed by atoms with Crippen molar-refractivity contribution in [2.45, 2.75) is 4.90 Å². The first-order chi connectivity index (χ1) is 8.56. The van der Waals surface area contributed by atoms with Crippen LogP contribution >= 0.6 is 11.9 Å². The predicted molar refractivity (Wildman–Crippen MR) is 69.0 cm³/mol. The summed E-state index contributed by atoms with van der Waals surface area (Å²) in [4.78, 5) is 0.692. The quantitative estimate of drug-likeness (QED) is 0.333. The third kappa shape index (κ3) is 2.72. The van der Waals surface area contributed by atoms with Crippen molar-refractivity contribution in [3.63, 3.8) is 0 Å². The molecule has 0 aliphatic rings. The largest absolute Gasteiger partial charge is 0.504 e. The Labute approximate surface area is 107 Å². The Kier molecular flexibility index (Phi) is 3.38. The molecule has 6 heteroatoms. The highest BCUT2D eigenvalue weighted by molar-refractivity contribution is 8.00. The highest BCUT2D eigenvalue weighted by Crippen LogP contribution is 2.32. The number of hydrogen-bond donors (Lipinski definition) is 5. The van der Waals surface area contributed by atoms with E-state index in [1.165, 1.54) is 36.2 Å². The van der Waals surface area contributed by atoms with Gasteiger partial charge in [0.1, 0.15) is 0 Å². The highest BCUT2D eigenvalue weighted by Gasteiger charge is 2.03. The summed E-state index contributed by atoms with van der Waals surface area (Å²) in [6.45, 7) is 0. The SMILES string of the molecule is Oc1ccc(NSc2ccc(O)c(O)c2)cc1O. The van der Waals surface area contributed by atoms with Gasteiger partial charge in [-0.1, -0.05) is 0 Å². The van der Waals surface area contributed by atoms with Crippen LogP contribution in [-0.4, -0.2) is 20.4 Å². The van der Waals surface area contributed by atoms with Gasteiger partial charge in [-0.3, -0.25) is 0 Å². The van der Waals surface area contributed by atoms with Crippen LogP contribution in [0.1, 0.15) is 0 Å². The van der Waals surface area contributed by atoms with Crippen molar-refractivity contribution in [2.24, 2.45) is 0 Å². The molecule has 0 heterocycles. The first kappa shape index (κ1) is 12.3. The Morgan fingerprint density at radius 3 is 1.94 bits per heavy atom. The zero-order chi connectivity index (χ0) is 13.1. The van der Waals surface area contributed by atoms with Gasteiger partial charge >= 0.3 is 0 Å². The molecule has 0 fully saturated rings. The Balaban J connectivity index is 2.06. The fourth-order valence-corrected chi connectivity index (χ4v) is 1.94. The molecule has 0 bridgehead atoms. The van der Waals surface area contributed by atoms with E-state index in [9.17, 15) is 10.2 Å². The number of phenols is 4. The maximum absolute atomic E-state index is 9.31. The highest BCUT2D eigenvalue weighted by atomic mass is 32.2. The molecule has 18 heavy (non-hydrogen) atoms. The van der Waals surface area contributed by atoms with Crippen LogP contribution in [0.15, 0.2) is 41.3 Å². The molecule has 0 unspecified atom stereocenters. The molecule has 0 aromatic heterocycles. The van der Waals surface area contributed by atoms with Gasteiger partial charge in [0.15, 0.2) is 23.0 Å². The van der Waals surface area contributed by atoms with Crippen LogP contribution in [0, 0.1) is 0 Å². The van der Waals surface area contributed by atoms with Crippen LogP contribution in [0.3, 0.4) is 0 Å². The molecule has 0 amide bonds.